The number of anilines is 2. The summed E-state index contributed by atoms with van der Waals surface area (Å²) in [6.07, 6.45) is 0. The third-order valence-corrected chi connectivity index (χ3v) is 4.50. The molecule has 0 aliphatic heterocycles. The quantitative estimate of drug-likeness (QED) is 0.612. The van der Waals surface area contributed by atoms with E-state index in [4.69, 9.17) is 11.6 Å². The molecule has 0 spiro atoms. The number of pyridine rings is 1. The predicted octanol–water partition coefficient (Wildman–Crippen LogP) is 5.36. The van der Waals surface area contributed by atoms with E-state index in [1.54, 1.807) is 42.5 Å². The molecule has 0 saturated carbocycles. The molecule has 0 saturated heterocycles. The number of aromatic nitrogens is 1. The third-order valence-electron chi connectivity index (χ3n) is 4.17. The maximum atomic E-state index is 12.6. The standard InChI is InChI=1S/C22H20ClN3O2/c1-14(2)15-8-3-5-10-17(15)25-21(27)19-12-7-13-20(24-19)22(28)26-18-11-6-4-9-16(18)23/h3-14H,1-2H3,(H,25,27)(H,26,28). The third kappa shape index (κ3) is 4.56. The topological polar surface area (TPSA) is 71.1 Å². The van der Waals surface area contributed by atoms with E-state index in [-0.39, 0.29) is 23.2 Å². The van der Waals surface area contributed by atoms with Gasteiger partial charge in [0.15, 0.2) is 0 Å². The Hall–Kier alpha value is -3.18. The first-order valence-electron chi connectivity index (χ1n) is 8.89. The van der Waals surface area contributed by atoms with E-state index >= 15 is 0 Å². The van der Waals surface area contributed by atoms with Crippen molar-refractivity contribution >= 4 is 34.8 Å². The molecule has 0 aliphatic rings. The molecule has 28 heavy (non-hydrogen) atoms. The summed E-state index contributed by atoms with van der Waals surface area (Å²) in [6, 6.07) is 19.3. The number of carbonyl (C=O) groups is 2. The maximum Gasteiger partial charge on any atom is 0.274 e. The number of para-hydroxylation sites is 2. The molecule has 2 N–H and O–H groups in total. The van der Waals surface area contributed by atoms with Crippen molar-refractivity contribution in [2.24, 2.45) is 0 Å². The fourth-order valence-electron chi connectivity index (χ4n) is 2.74. The molecule has 1 aromatic heterocycles. The SMILES string of the molecule is CC(C)c1ccccc1NC(=O)c1cccc(C(=O)Nc2ccccc2Cl)n1. The van der Waals surface area contributed by atoms with Gasteiger partial charge in [0.2, 0.25) is 0 Å². The molecular formula is C22H20ClN3O2. The van der Waals surface area contributed by atoms with Crippen molar-refractivity contribution in [1.82, 2.24) is 4.98 Å². The molecule has 0 bridgehead atoms. The van der Waals surface area contributed by atoms with Crippen LogP contribution in [0.3, 0.4) is 0 Å². The van der Waals surface area contributed by atoms with E-state index in [0.717, 1.165) is 11.3 Å². The van der Waals surface area contributed by atoms with E-state index in [1.807, 2.05) is 24.3 Å². The number of rotatable bonds is 5. The monoisotopic (exact) mass is 393 g/mol. The molecule has 0 fully saturated rings. The minimum absolute atomic E-state index is 0.129. The average Bonchev–Trinajstić information content (AvgIpc) is 2.70. The van der Waals surface area contributed by atoms with Crippen LogP contribution in [-0.4, -0.2) is 16.8 Å². The first-order chi connectivity index (χ1) is 13.5. The van der Waals surface area contributed by atoms with Crippen molar-refractivity contribution in [2.75, 3.05) is 10.6 Å². The summed E-state index contributed by atoms with van der Waals surface area (Å²) in [5.74, 6) is -0.553. The van der Waals surface area contributed by atoms with Gasteiger partial charge in [-0.3, -0.25) is 9.59 Å². The molecule has 2 amide bonds. The van der Waals surface area contributed by atoms with Gasteiger partial charge in [0.1, 0.15) is 11.4 Å². The number of carbonyl (C=O) groups excluding carboxylic acids is 2. The second-order valence-corrected chi connectivity index (χ2v) is 6.95. The summed E-state index contributed by atoms with van der Waals surface area (Å²) in [7, 11) is 0. The molecule has 1 heterocycles. The van der Waals surface area contributed by atoms with Crippen molar-refractivity contribution in [2.45, 2.75) is 19.8 Å². The Morgan fingerprint density at radius 1 is 0.786 bits per heavy atom. The zero-order chi connectivity index (χ0) is 20.1. The Morgan fingerprint density at radius 3 is 1.93 bits per heavy atom. The number of benzene rings is 2. The number of nitrogens with zero attached hydrogens (tertiary/aromatic N) is 1. The highest BCUT2D eigenvalue weighted by Gasteiger charge is 2.15. The van der Waals surface area contributed by atoms with Gasteiger partial charge in [-0.25, -0.2) is 4.98 Å². The van der Waals surface area contributed by atoms with Crippen molar-refractivity contribution in [3.05, 3.63) is 88.7 Å². The van der Waals surface area contributed by atoms with Crippen LogP contribution >= 0.6 is 11.6 Å². The van der Waals surface area contributed by atoms with Crippen LogP contribution in [0.2, 0.25) is 5.02 Å². The maximum absolute atomic E-state index is 12.6. The summed E-state index contributed by atoms with van der Waals surface area (Å²) in [6.45, 7) is 4.12. The molecule has 0 radical (unpaired) electrons. The van der Waals surface area contributed by atoms with Gasteiger partial charge in [-0.2, -0.15) is 0 Å². The van der Waals surface area contributed by atoms with E-state index < -0.39 is 5.91 Å². The second kappa shape index (κ2) is 8.67. The summed E-state index contributed by atoms with van der Waals surface area (Å²) < 4.78 is 0. The van der Waals surface area contributed by atoms with Crippen molar-refractivity contribution in [3.8, 4) is 0 Å². The molecule has 0 unspecified atom stereocenters. The van der Waals surface area contributed by atoms with Gasteiger partial charge >= 0.3 is 0 Å². The Labute approximate surface area is 168 Å². The molecule has 142 valence electrons. The Morgan fingerprint density at radius 2 is 1.32 bits per heavy atom. The smallest absolute Gasteiger partial charge is 0.274 e. The molecule has 0 aliphatic carbocycles. The van der Waals surface area contributed by atoms with E-state index in [1.165, 1.54) is 0 Å². The van der Waals surface area contributed by atoms with Crippen LogP contribution in [0.1, 0.15) is 46.3 Å². The zero-order valence-corrected chi connectivity index (χ0v) is 16.3. The largest absolute Gasteiger partial charge is 0.320 e. The van der Waals surface area contributed by atoms with Gasteiger partial charge in [-0.05, 0) is 41.8 Å². The van der Waals surface area contributed by atoms with Crippen molar-refractivity contribution < 1.29 is 9.59 Å². The fraction of sp³-hybridized carbons (Fsp3) is 0.136. The van der Waals surface area contributed by atoms with Crippen molar-refractivity contribution in [3.63, 3.8) is 0 Å². The molecule has 6 heteroatoms. The first-order valence-corrected chi connectivity index (χ1v) is 9.26. The number of hydrogen-bond acceptors (Lipinski definition) is 3. The number of hydrogen-bond donors (Lipinski definition) is 2. The minimum atomic E-state index is -0.440. The lowest BCUT2D eigenvalue weighted by Crippen LogP contribution is -2.19. The summed E-state index contributed by atoms with van der Waals surface area (Å²) in [5.41, 5.74) is 2.53. The van der Waals surface area contributed by atoms with Crippen LogP contribution in [0, 0.1) is 0 Å². The molecule has 2 aromatic carbocycles. The van der Waals surface area contributed by atoms with Crippen molar-refractivity contribution in [1.29, 1.82) is 0 Å². The van der Waals surface area contributed by atoms with Gasteiger partial charge in [-0.15, -0.1) is 0 Å². The number of amides is 2. The van der Waals surface area contributed by atoms with Gasteiger partial charge in [-0.1, -0.05) is 61.8 Å². The highest BCUT2D eigenvalue weighted by molar-refractivity contribution is 6.33. The Kier molecular flexibility index (Phi) is 6.06. The second-order valence-electron chi connectivity index (χ2n) is 6.54. The number of halogens is 1. The lowest BCUT2D eigenvalue weighted by Gasteiger charge is -2.13. The van der Waals surface area contributed by atoms with Crippen LogP contribution in [0.15, 0.2) is 66.7 Å². The van der Waals surface area contributed by atoms with Crippen LogP contribution in [0.4, 0.5) is 11.4 Å². The molecule has 5 nitrogen and oxygen atoms in total. The van der Waals surface area contributed by atoms with E-state index in [2.05, 4.69) is 29.5 Å². The van der Waals surface area contributed by atoms with Gasteiger partial charge < -0.3 is 10.6 Å². The Balaban J connectivity index is 1.78. The fourth-order valence-corrected chi connectivity index (χ4v) is 2.92. The minimum Gasteiger partial charge on any atom is -0.320 e. The zero-order valence-electron chi connectivity index (χ0n) is 15.6. The number of nitrogens with one attached hydrogen (secondary N) is 2. The summed E-state index contributed by atoms with van der Waals surface area (Å²) >= 11 is 6.07. The highest BCUT2D eigenvalue weighted by Crippen LogP contribution is 2.24. The average molecular weight is 394 g/mol. The van der Waals surface area contributed by atoms with Crippen LogP contribution in [0.25, 0.3) is 0 Å². The van der Waals surface area contributed by atoms with Gasteiger partial charge in [0.25, 0.3) is 11.8 Å². The van der Waals surface area contributed by atoms with E-state index in [0.29, 0.717) is 10.7 Å². The summed E-state index contributed by atoms with van der Waals surface area (Å²) in [4.78, 5) is 29.3. The molecule has 0 atom stereocenters. The lowest BCUT2D eigenvalue weighted by molar-refractivity contribution is 0.101. The van der Waals surface area contributed by atoms with Gasteiger partial charge in [0.05, 0.1) is 10.7 Å². The van der Waals surface area contributed by atoms with Gasteiger partial charge in [0, 0.05) is 5.69 Å². The van der Waals surface area contributed by atoms with Crippen LogP contribution in [-0.2, 0) is 0 Å². The van der Waals surface area contributed by atoms with Crippen LogP contribution in [0.5, 0.6) is 0 Å². The van der Waals surface area contributed by atoms with Crippen LogP contribution < -0.4 is 10.6 Å². The Bertz CT molecular complexity index is 1020. The lowest BCUT2D eigenvalue weighted by atomic mass is 10.0. The predicted molar refractivity (Wildman–Crippen MR) is 112 cm³/mol. The summed E-state index contributed by atoms with van der Waals surface area (Å²) in [5, 5.41) is 6.01. The highest BCUT2D eigenvalue weighted by atomic mass is 35.5. The van der Waals surface area contributed by atoms with E-state index in [9.17, 15) is 9.59 Å². The normalized spacial score (nSPS) is 10.6. The molecular weight excluding hydrogens is 374 g/mol. The molecule has 3 aromatic rings. The molecule has 3 rings (SSSR count). The first kappa shape index (κ1) is 19.6.